The van der Waals surface area contributed by atoms with Gasteiger partial charge in [0.15, 0.2) is 5.78 Å². The standard InChI is InChI=1S/C14H16ClFO/c1-2-3-4-5-6-7-14(17)12-10-11(15)8-9-13(12)16/h2,8-10H,1,3-7H2. The van der Waals surface area contributed by atoms with Crippen LogP contribution in [0.15, 0.2) is 30.9 Å². The van der Waals surface area contributed by atoms with E-state index in [1.165, 1.54) is 18.2 Å². The Morgan fingerprint density at radius 1 is 1.35 bits per heavy atom. The summed E-state index contributed by atoms with van der Waals surface area (Å²) in [6.07, 6.45) is 5.94. The fourth-order valence-electron chi connectivity index (χ4n) is 1.60. The summed E-state index contributed by atoms with van der Waals surface area (Å²) in [7, 11) is 0. The number of benzene rings is 1. The molecule has 0 aliphatic rings. The molecule has 0 amide bonds. The molecule has 3 heteroatoms. The van der Waals surface area contributed by atoms with Crippen molar-refractivity contribution in [3.05, 3.63) is 47.3 Å². The van der Waals surface area contributed by atoms with Gasteiger partial charge in [0.2, 0.25) is 0 Å². The smallest absolute Gasteiger partial charge is 0.165 e. The Balaban J connectivity index is 2.46. The van der Waals surface area contributed by atoms with Gasteiger partial charge >= 0.3 is 0 Å². The van der Waals surface area contributed by atoms with E-state index in [0.29, 0.717) is 11.4 Å². The predicted octanol–water partition coefficient (Wildman–Crippen LogP) is 4.80. The van der Waals surface area contributed by atoms with Crippen molar-refractivity contribution in [3.63, 3.8) is 0 Å². The first-order valence-electron chi connectivity index (χ1n) is 5.74. The van der Waals surface area contributed by atoms with Crippen molar-refractivity contribution in [1.82, 2.24) is 0 Å². The van der Waals surface area contributed by atoms with E-state index in [-0.39, 0.29) is 11.3 Å². The van der Waals surface area contributed by atoms with Crippen LogP contribution < -0.4 is 0 Å². The second-order valence-corrected chi connectivity index (χ2v) is 4.37. The van der Waals surface area contributed by atoms with Crippen LogP contribution in [0.5, 0.6) is 0 Å². The molecule has 0 aliphatic carbocycles. The highest BCUT2D eigenvalue weighted by Gasteiger charge is 2.11. The lowest BCUT2D eigenvalue weighted by Gasteiger charge is -2.03. The van der Waals surface area contributed by atoms with Crippen molar-refractivity contribution >= 4 is 17.4 Å². The van der Waals surface area contributed by atoms with E-state index in [9.17, 15) is 9.18 Å². The second-order valence-electron chi connectivity index (χ2n) is 3.94. The number of carbonyl (C=O) groups is 1. The third kappa shape index (κ3) is 4.70. The van der Waals surface area contributed by atoms with E-state index in [0.717, 1.165) is 25.7 Å². The summed E-state index contributed by atoms with van der Waals surface area (Å²) < 4.78 is 13.4. The lowest BCUT2D eigenvalue weighted by Crippen LogP contribution is -2.02. The van der Waals surface area contributed by atoms with E-state index >= 15 is 0 Å². The molecule has 1 nitrogen and oxygen atoms in total. The maximum absolute atomic E-state index is 13.4. The van der Waals surface area contributed by atoms with Crippen LogP contribution in [0.4, 0.5) is 4.39 Å². The fourth-order valence-corrected chi connectivity index (χ4v) is 1.77. The van der Waals surface area contributed by atoms with Gasteiger partial charge in [-0.15, -0.1) is 6.58 Å². The number of hydrogen-bond acceptors (Lipinski definition) is 1. The van der Waals surface area contributed by atoms with Gasteiger partial charge in [0.25, 0.3) is 0 Å². The zero-order valence-electron chi connectivity index (χ0n) is 9.72. The van der Waals surface area contributed by atoms with Gasteiger partial charge < -0.3 is 0 Å². The highest BCUT2D eigenvalue weighted by Crippen LogP contribution is 2.17. The molecule has 1 aromatic rings. The fraction of sp³-hybridized carbons (Fsp3) is 0.357. The Labute approximate surface area is 106 Å². The van der Waals surface area contributed by atoms with Crippen molar-refractivity contribution in [3.8, 4) is 0 Å². The van der Waals surface area contributed by atoms with E-state index in [1.54, 1.807) is 0 Å². The highest BCUT2D eigenvalue weighted by molar-refractivity contribution is 6.31. The van der Waals surface area contributed by atoms with E-state index in [2.05, 4.69) is 6.58 Å². The molecule has 0 fully saturated rings. The molecule has 1 rings (SSSR count). The minimum Gasteiger partial charge on any atom is -0.294 e. The largest absolute Gasteiger partial charge is 0.294 e. The number of unbranched alkanes of at least 4 members (excludes halogenated alkanes) is 3. The first-order valence-corrected chi connectivity index (χ1v) is 6.12. The van der Waals surface area contributed by atoms with E-state index in [1.807, 2.05) is 6.08 Å². The van der Waals surface area contributed by atoms with Crippen LogP contribution in [-0.4, -0.2) is 5.78 Å². The Morgan fingerprint density at radius 2 is 2.12 bits per heavy atom. The summed E-state index contributed by atoms with van der Waals surface area (Å²) >= 11 is 5.73. The second kappa shape index (κ2) is 7.23. The van der Waals surface area contributed by atoms with Gasteiger partial charge in [-0.05, 0) is 37.5 Å². The maximum atomic E-state index is 13.4. The van der Waals surface area contributed by atoms with E-state index < -0.39 is 5.82 Å². The zero-order valence-corrected chi connectivity index (χ0v) is 10.5. The van der Waals surface area contributed by atoms with E-state index in [4.69, 9.17) is 11.6 Å². The first-order chi connectivity index (χ1) is 8.15. The van der Waals surface area contributed by atoms with Crippen LogP contribution in [0, 0.1) is 5.82 Å². The Kier molecular flexibility index (Phi) is 5.92. The molecule has 0 N–H and O–H groups in total. The number of rotatable bonds is 7. The predicted molar refractivity (Wildman–Crippen MR) is 69.0 cm³/mol. The molecule has 0 unspecified atom stereocenters. The Morgan fingerprint density at radius 3 is 2.82 bits per heavy atom. The molecule has 0 spiro atoms. The third-order valence-corrected chi connectivity index (χ3v) is 2.78. The van der Waals surface area contributed by atoms with Crippen molar-refractivity contribution < 1.29 is 9.18 Å². The summed E-state index contributed by atoms with van der Waals surface area (Å²) in [4.78, 5) is 11.7. The van der Waals surface area contributed by atoms with Gasteiger partial charge in [0.1, 0.15) is 5.82 Å². The molecule has 0 aromatic heterocycles. The van der Waals surface area contributed by atoms with Crippen LogP contribution in [0.3, 0.4) is 0 Å². The van der Waals surface area contributed by atoms with Gasteiger partial charge in [-0.2, -0.15) is 0 Å². The molecular formula is C14H16ClFO. The normalized spacial score (nSPS) is 10.2. The van der Waals surface area contributed by atoms with Crippen LogP contribution in [-0.2, 0) is 0 Å². The maximum Gasteiger partial charge on any atom is 0.165 e. The van der Waals surface area contributed by atoms with Gasteiger partial charge in [-0.25, -0.2) is 4.39 Å². The number of hydrogen-bond donors (Lipinski definition) is 0. The summed E-state index contributed by atoms with van der Waals surface area (Å²) in [5.74, 6) is -0.672. The Hall–Kier alpha value is -1.15. The molecule has 0 saturated heterocycles. The number of carbonyl (C=O) groups excluding carboxylic acids is 1. The summed E-state index contributed by atoms with van der Waals surface area (Å²) in [6, 6.07) is 4.06. The molecule has 0 atom stereocenters. The van der Waals surface area contributed by atoms with Crippen LogP contribution in [0.1, 0.15) is 42.5 Å². The molecule has 92 valence electrons. The van der Waals surface area contributed by atoms with Crippen LogP contribution in [0.2, 0.25) is 5.02 Å². The number of allylic oxidation sites excluding steroid dienone is 1. The SMILES string of the molecule is C=CCCCCCC(=O)c1cc(Cl)ccc1F. The summed E-state index contributed by atoms with van der Waals surface area (Å²) in [5.41, 5.74) is 0.0984. The van der Waals surface area contributed by atoms with Gasteiger partial charge in [0.05, 0.1) is 5.56 Å². The monoisotopic (exact) mass is 254 g/mol. The number of Topliss-reactive ketones (excluding diaryl/α,β-unsaturated/α-hetero) is 1. The van der Waals surface area contributed by atoms with Crippen molar-refractivity contribution in [1.29, 1.82) is 0 Å². The summed E-state index contributed by atoms with van der Waals surface area (Å²) in [5, 5.41) is 0.390. The van der Waals surface area contributed by atoms with Gasteiger partial charge in [-0.1, -0.05) is 24.1 Å². The summed E-state index contributed by atoms with van der Waals surface area (Å²) in [6.45, 7) is 3.63. The zero-order chi connectivity index (χ0) is 12.7. The lowest BCUT2D eigenvalue weighted by molar-refractivity contribution is 0.0975. The topological polar surface area (TPSA) is 17.1 Å². The van der Waals surface area contributed by atoms with Gasteiger partial charge in [-0.3, -0.25) is 4.79 Å². The van der Waals surface area contributed by atoms with Crippen LogP contribution in [0.25, 0.3) is 0 Å². The van der Waals surface area contributed by atoms with Crippen molar-refractivity contribution in [2.75, 3.05) is 0 Å². The molecule has 0 saturated carbocycles. The molecule has 1 aromatic carbocycles. The third-order valence-electron chi connectivity index (χ3n) is 2.54. The number of ketones is 1. The molecular weight excluding hydrogens is 239 g/mol. The Bertz CT molecular complexity index is 401. The lowest BCUT2D eigenvalue weighted by atomic mass is 10.0. The highest BCUT2D eigenvalue weighted by atomic mass is 35.5. The average molecular weight is 255 g/mol. The quantitative estimate of drug-likeness (QED) is 0.388. The number of halogens is 2. The molecule has 0 aliphatic heterocycles. The van der Waals surface area contributed by atoms with Crippen LogP contribution >= 0.6 is 11.6 Å². The molecule has 0 heterocycles. The van der Waals surface area contributed by atoms with Crippen molar-refractivity contribution in [2.24, 2.45) is 0 Å². The first kappa shape index (κ1) is 13.9. The van der Waals surface area contributed by atoms with Gasteiger partial charge in [0, 0.05) is 11.4 Å². The molecule has 0 radical (unpaired) electrons. The molecule has 17 heavy (non-hydrogen) atoms. The minimum atomic E-state index is -0.495. The van der Waals surface area contributed by atoms with Crippen molar-refractivity contribution in [2.45, 2.75) is 32.1 Å². The minimum absolute atomic E-state index is 0.0984. The molecule has 0 bridgehead atoms. The average Bonchev–Trinajstić information content (AvgIpc) is 2.32.